The molecule has 0 saturated heterocycles. The predicted octanol–water partition coefficient (Wildman–Crippen LogP) is 2.33. The average Bonchev–Trinajstić information content (AvgIpc) is 3.28. The third-order valence-electron chi connectivity index (χ3n) is 4.93. The van der Waals surface area contributed by atoms with Gasteiger partial charge in [-0.1, -0.05) is 19.3 Å². The van der Waals surface area contributed by atoms with Crippen molar-refractivity contribution >= 4 is 17.1 Å². The Morgan fingerprint density at radius 3 is 2.77 bits per heavy atom. The van der Waals surface area contributed by atoms with Crippen LogP contribution < -0.4 is 9.88 Å². The van der Waals surface area contributed by atoms with Gasteiger partial charge in [-0.2, -0.15) is 0 Å². The maximum Gasteiger partial charge on any atom is 0.306 e. The van der Waals surface area contributed by atoms with E-state index in [0.717, 1.165) is 29.7 Å². The van der Waals surface area contributed by atoms with E-state index in [1.54, 1.807) is 6.20 Å². The number of aromatic amines is 1. The van der Waals surface area contributed by atoms with Gasteiger partial charge in [0.2, 0.25) is 0 Å². The Balaban J connectivity index is 1.64. The van der Waals surface area contributed by atoms with Gasteiger partial charge in [0.05, 0.1) is 12.7 Å². The molecule has 0 radical (unpaired) electrons. The Hall–Kier alpha value is -1.91. The highest BCUT2D eigenvalue weighted by atomic mass is 16.1. The normalized spacial score (nSPS) is 19.5. The summed E-state index contributed by atoms with van der Waals surface area (Å²) in [7, 11) is 2.01. The quantitative estimate of drug-likeness (QED) is 0.855. The van der Waals surface area contributed by atoms with E-state index in [-0.39, 0.29) is 5.91 Å². The van der Waals surface area contributed by atoms with Crippen LogP contribution >= 0.6 is 0 Å². The molecule has 0 unspecified atom stereocenters. The molecule has 2 heterocycles. The number of amides is 1. The van der Waals surface area contributed by atoms with Crippen molar-refractivity contribution in [3.05, 3.63) is 23.7 Å². The van der Waals surface area contributed by atoms with Gasteiger partial charge in [0, 0.05) is 12.0 Å². The monoisotopic (exact) mass is 299 g/mol. The number of nitrogens with one attached hydrogen (secondary N) is 2. The lowest BCUT2D eigenvalue weighted by atomic mass is 9.95. The summed E-state index contributed by atoms with van der Waals surface area (Å²) in [4.78, 5) is 20.6. The largest absolute Gasteiger partial charge is 0.349 e. The van der Waals surface area contributed by atoms with Gasteiger partial charge < -0.3 is 5.32 Å². The molecule has 2 N–H and O–H groups in total. The molecule has 5 heteroatoms. The number of carbonyl (C=O) groups excluding carboxylic acids is 1. The summed E-state index contributed by atoms with van der Waals surface area (Å²) in [5.74, 6) is 0.596. The SMILES string of the molecule is C[n+]1cc(C2CC2)nc2c(C(=O)NC3CCCCC3)c[nH]c21. The zero-order valence-electron chi connectivity index (χ0n) is 13.1. The first-order valence-corrected chi connectivity index (χ1v) is 8.41. The summed E-state index contributed by atoms with van der Waals surface area (Å²) in [6.07, 6.45) is 12.2. The van der Waals surface area contributed by atoms with Crippen LogP contribution in [0.4, 0.5) is 0 Å². The van der Waals surface area contributed by atoms with E-state index in [0.29, 0.717) is 17.5 Å². The van der Waals surface area contributed by atoms with Crippen LogP contribution in [0.15, 0.2) is 12.4 Å². The van der Waals surface area contributed by atoms with Crippen LogP contribution in [0.25, 0.3) is 11.2 Å². The number of fused-ring (bicyclic) bond motifs is 1. The van der Waals surface area contributed by atoms with Crippen molar-refractivity contribution in [1.29, 1.82) is 0 Å². The smallest absolute Gasteiger partial charge is 0.306 e. The molecule has 0 aromatic carbocycles. The lowest BCUT2D eigenvalue weighted by Gasteiger charge is -2.22. The molecule has 0 bridgehead atoms. The van der Waals surface area contributed by atoms with Crippen LogP contribution in [-0.2, 0) is 7.05 Å². The van der Waals surface area contributed by atoms with Crippen molar-refractivity contribution in [2.45, 2.75) is 56.9 Å². The van der Waals surface area contributed by atoms with E-state index < -0.39 is 0 Å². The summed E-state index contributed by atoms with van der Waals surface area (Å²) >= 11 is 0. The molecule has 4 rings (SSSR count). The number of hydrogen-bond donors (Lipinski definition) is 2. The minimum Gasteiger partial charge on any atom is -0.349 e. The molecule has 2 aromatic rings. The van der Waals surface area contributed by atoms with E-state index >= 15 is 0 Å². The number of H-pyrrole nitrogens is 1. The molecule has 0 aliphatic heterocycles. The Morgan fingerprint density at radius 2 is 2.05 bits per heavy atom. The molecule has 2 fully saturated rings. The summed E-state index contributed by atoms with van der Waals surface area (Å²) in [5, 5.41) is 3.19. The van der Waals surface area contributed by atoms with E-state index in [9.17, 15) is 4.79 Å². The zero-order chi connectivity index (χ0) is 15.1. The average molecular weight is 299 g/mol. The van der Waals surface area contributed by atoms with E-state index in [1.165, 1.54) is 32.1 Å². The van der Waals surface area contributed by atoms with Crippen LogP contribution in [0.1, 0.15) is 66.9 Å². The third-order valence-corrected chi connectivity index (χ3v) is 4.93. The Morgan fingerprint density at radius 1 is 1.27 bits per heavy atom. The minimum absolute atomic E-state index is 0.0126. The van der Waals surface area contributed by atoms with Crippen LogP contribution in [0.5, 0.6) is 0 Å². The van der Waals surface area contributed by atoms with Crippen molar-refractivity contribution in [3.8, 4) is 0 Å². The van der Waals surface area contributed by atoms with E-state index in [2.05, 4.69) is 16.5 Å². The number of hydrogen-bond acceptors (Lipinski definition) is 2. The summed E-state index contributed by atoms with van der Waals surface area (Å²) in [6, 6.07) is 0.326. The van der Waals surface area contributed by atoms with Crippen molar-refractivity contribution in [2.24, 2.45) is 7.05 Å². The first-order chi connectivity index (χ1) is 10.7. The molecule has 0 atom stereocenters. The molecule has 2 aliphatic rings. The molecule has 5 nitrogen and oxygen atoms in total. The second kappa shape index (κ2) is 5.38. The Bertz CT molecular complexity index is 711. The minimum atomic E-state index is 0.0126. The fraction of sp³-hybridized carbons (Fsp3) is 0.588. The van der Waals surface area contributed by atoms with Crippen molar-refractivity contribution < 1.29 is 9.36 Å². The topological polar surface area (TPSA) is 61.7 Å². The van der Waals surface area contributed by atoms with Gasteiger partial charge in [0.1, 0.15) is 18.0 Å². The summed E-state index contributed by atoms with van der Waals surface area (Å²) in [5.41, 5.74) is 3.51. The predicted molar refractivity (Wildman–Crippen MR) is 83.6 cm³/mol. The highest BCUT2D eigenvalue weighted by molar-refractivity contribution is 6.04. The van der Waals surface area contributed by atoms with Crippen LogP contribution in [0.3, 0.4) is 0 Å². The molecule has 2 saturated carbocycles. The summed E-state index contributed by atoms with van der Waals surface area (Å²) in [6.45, 7) is 0. The lowest BCUT2D eigenvalue weighted by molar-refractivity contribution is -0.647. The molecule has 2 aliphatic carbocycles. The molecule has 116 valence electrons. The number of aromatic nitrogens is 3. The maximum atomic E-state index is 12.6. The van der Waals surface area contributed by atoms with Crippen LogP contribution in [-0.4, -0.2) is 21.9 Å². The molecular weight excluding hydrogens is 276 g/mol. The number of rotatable bonds is 3. The van der Waals surface area contributed by atoms with Crippen LogP contribution in [0, 0.1) is 0 Å². The molecule has 0 spiro atoms. The fourth-order valence-corrected chi connectivity index (χ4v) is 3.47. The van der Waals surface area contributed by atoms with E-state index in [4.69, 9.17) is 4.98 Å². The highest BCUT2D eigenvalue weighted by Crippen LogP contribution is 2.38. The van der Waals surface area contributed by atoms with Crippen molar-refractivity contribution in [3.63, 3.8) is 0 Å². The maximum absolute atomic E-state index is 12.6. The molecule has 22 heavy (non-hydrogen) atoms. The number of carbonyl (C=O) groups is 1. The van der Waals surface area contributed by atoms with Gasteiger partial charge in [0.15, 0.2) is 5.52 Å². The number of nitrogens with zero attached hydrogens (tertiary/aromatic N) is 2. The molecular formula is C17H23N4O+. The zero-order valence-corrected chi connectivity index (χ0v) is 13.1. The first kappa shape index (κ1) is 13.7. The van der Waals surface area contributed by atoms with Gasteiger partial charge in [-0.3, -0.25) is 4.79 Å². The fourth-order valence-electron chi connectivity index (χ4n) is 3.47. The lowest BCUT2D eigenvalue weighted by Crippen LogP contribution is -2.36. The van der Waals surface area contributed by atoms with Gasteiger partial charge >= 0.3 is 5.65 Å². The highest BCUT2D eigenvalue weighted by Gasteiger charge is 2.29. The number of aryl methyl sites for hydroxylation is 1. The Kier molecular flexibility index (Phi) is 3.36. The molecule has 1 amide bonds. The first-order valence-electron chi connectivity index (χ1n) is 8.41. The van der Waals surface area contributed by atoms with E-state index in [1.807, 2.05) is 11.6 Å². The van der Waals surface area contributed by atoms with Gasteiger partial charge in [-0.05, 0) is 25.7 Å². The van der Waals surface area contributed by atoms with Gasteiger partial charge in [0.25, 0.3) is 5.91 Å². The summed E-state index contributed by atoms with van der Waals surface area (Å²) < 4.78 is 2.05. The standard InChI is InChI=1S/C17H22N4O/c1-21-10-14(11-7-8-11)20-15-13(9-18-16(15)21)17(22)19-12-5-3-2-4-6-12/h9-12H,2-8H2,1H3,(H,19,22)/p+1. The van der Waals surface area contributed by atoms with Gasteiger partial charge in [-0.15, -0.1) is 0 Å². The van der Waals surface area contributed by atoms with Crippen LogP contribution in [0.2, 0.25) is 0 Å². The Labute approximate surface area is 130 Å². The van der Waals surface area contributed by atoms with Crippen molar-refractivity contribution in [1.82, 2.24) is 15.3 Å². The molecule has 2 aromatic heterocycles. The second-order valence-electron chi connectivity index (χ2n) is 6.76. The third kappa shape index (κ3) is 2.49. The van der Waals surface area contributed by atoms with Crippen molar-refractivity contribution in [2.75, 3.05) is 0 Å². The second-order valence-corrected chi connectivity index (χ2v) is 6.76. The van der Waals surface area contributed by atoms with Gasteiger partial charge in [-0.25, -0.2) is 14.5 Å².